The van der Waals surface area contributed by atoms with Crippen LogP contribution in [0.2, 0.25) is 0 Å². The Labute approximate surface area is 107 Å². The molecule has 0 spiro atoms. The van der Waals surface area contributed by atoms with E-state index in [1.165, 1.54) is 25.7 Å². The number of hydrogen-bond acceptors (Lipinski definition) is 2. The standard InChI is InChI=1S/C14H30N2O/c1-5-7-8-9-10-12-15-14(17)13(11-6-2)16(3)4/h13H,5-12H2,1-4H3,(H,15,17). The summed E-state index contributed by atoms with van der Waals surface area (Å²) in [5.74, 6) is 0.187. The lowest BCUT2D eigenvalue weighted by Crippen LogP contribution is -2.43. The van der Waals surface area contributed by atoms with Crippen molar-refractivity contribution in [2.45, 2.75) is 64.8 Å². The van der Waals surface area contributed by atoms with Gasteiger partial charge in [0.05, 0.1) is 6.04 Å². The maximum Gasteiger partial charge on any atom is 0.237 e. The van der Waals surface area contributed by atoms with E-state index < -0.39 is 0 Å². The number of carbonyl (C=O) groups is 1. The van der Waals surface area contributed by atoms with Crippen LogP contribution in [0.5, 0.6) is 0 Å². The Bertz CT molecular complexity index is 193. The molecule has 0 aromatic carbocycles. The second-order valence-electron chi connectivity index (χ2n) is 4.97. The summed E-state index contributed by atoms with van der Waals surface area (Å²) in [5, 5.41) is 3.05. The van der Waals surface area contributed by atoms with Gasteiger partial charge in [-0.15, -0.1) is 0 Å². The van der Waals surface area contributed by atoms with Gasteiger partial charge in [-0.25, -0.2) is 0 Å². The average molecular weight is 242 g/mol. The summed E-state index contributed by atoms with van der Waals surface area (Å²) < 4.78 is 0. The summed E-state index contributed by atoms with van der Waals surface area (Å²) in [6, 6.07) is 0.0376. The fraction of sp³-hybridized carbons (Fsp3) is 0.929. The number of unbranched alkanes of at least 4 members (excludes halogenated alkanes) is 4. The molecular formula is C14H30N2O. The van der Waals surface area contributed by atoms with E-state index in [9.17, 15) is 4.79 Å². The highest BCUT2D eigenvalue weighted by atomic mass is 16.2. The van der Waals surface area contributed by atoms with Gasteiger partial charge in [0.25, 0.3) is 0 Å². The van der Waals surface area contributed by atoms with Crippen molar-refractivity contribution in [3.8, 4) is 0 Å². The summed E-state index contributed by atoms with van der Waals surface area (Å²) in [4.78, 5) is 13.9. The molecule has 0 aromatic heterocycles. The lowest BCUT2D eigenvalue weighted by atomic mass is 10.1. The second kappa shape index (κ2) is 10.6. The molecule has 1 atom stereocenters. The highest BCUT2D eigenvalue weighted by molar-refractivity contribution is 5.81. The van der Waals surface area contributed by atoms with Crippen LogP contribution in [0.25, 0.3) is 0 Å². The first-order valence-corrected chi connectivity index (χ1v) is 7.07. The summed E-state index contributed by atoms with van der Waals surface area (Å²) >= 11 is 0. The molecule has 1 N–H and O–H groups in total. The van der Waals surface area contributed by atoms with Crippen molar-refractivity contribution in [1.29, 1.82) is 0 Å². The molecule has 0 aliphatic rings. The average Bonchev–Trinajstić information content (AvgIpc) is 2.29. The highest BCUT2D eigenvalue weighted by Gasteiger charge is 2.18. The first kappa shape index (κ1) is 16.4. The SMILES string of the molecule is CCCCCCCNC(=O)C(CCC)N(C)C. The zero-order valence-corrected chi connectivity index (χ0v) is 12.1. The molecule has 0 fully saturated rings. The van der Waals surface area contributed by atoms with E-state index in [0.717, 1.165) is 25.8 Å². The molecule has 0 rings (SSSR count). The van der Waals surface area contributed by atoms with Gasteiger partial charge in [0.1, 0.15) is 0 Å². The Kier molecular flexibility index (Phi) is 10.2. The summed E-state index contributed by atoms with van der Waals surface area (Å²) in [6.45, 7) is 5.17. The number of nitrogens with one attached hydrogen (secondary N) is 1. The molecule has 1 amide bonds. The van der Waals surface area contributed by atoms with Crippen LogP contribution in [0, 0.1) is 0 Å². The van der Waals surface area contributed by atoms with Crippen molar-refractivity contribution >= 4 is 5.91 Å². The zero-order chi connectivity index (χ0) is 13.1. The number of likely N-dealkylation sites (N-methyl/N-ethyl adjacent to an activating group) is 1. The third-order valence-corrected chi connectivity index (χ3v) is 3.07. The molecule has 0 aromatic rings. The van der Waals surface area contributed by atoms with Gasteiger partial charge in [-0.2, -0.15) is 0 Å². The van der Waals surface area contributed by atoms with E-state index in [4.69, 9.17) is 0 Å². The summed E-state index contributed by atoms with van der Waals surface area (Å²) in [5.41, 5.74) is 0. The topological polar surface area (TPSA) is 32.3 Å². The van der Waals surface area contributed by atoms with Crippen LogP contribution in [-0.2, 0) is 4.79 Å². The first-order chi connectivity index (χ1) is 8.13. The first-order valence-electron chi connectivity index (χ1n) is 7.07. The number of carbonyl (C=O) groups excluding carboxylic acids is 1. The van der Waals surface area contributed by atoms with Crippen molar-refractivity contribution in [3.63, 3.8) is 0 Å². The number of nitrogens with zero attached hydrogens (tertiary/aromatic N) is 1. The fourth-order valence-electron chi connectivity index (χ4n) is 1.96. The number of amides is 1. The third kappa shape index (κ3) is 8.19. The molecule has 0 radical (unpaired) electrons. The van der Waals surface area contributed by atoms with Gasteiger partial charge in [0.2, 0.25) is 5.91 Å². The van der Waals surface area contributed by atoms with E-state index in [1.54, 1.807) is 0 Å². The van der Waals surface area contributed by atoms with Crippen molar-refractivity contribution in [2.24, 2.45) is 0 Å². The predicted molar refractivity (Wildman–Crippen MR) is 74.2 cm³/mol. The predicted octanol–water partition coefficient (Wildman–Crippen LogP) is 2.80. The lowest BCUT2D eigenvalue weighted by molar-refractivity contribution is -0.125. The normalized spacial score (nSPS) is 12.8. The maximum absolute atomic E-state index is 11.9. The van der Waals surface area contributed by atoms with E-state index >= 15 is 0 Å². The Hall–Kier alpha value is -0.570. The monoisotopic (exact) mass is 242 g/mol. The van der Waals surface area contributed by atoms with Gasteiger partial charge in [0, 0.05) is 6.54 Å². The van der Waals surface area contributed by atoms with E-state index in [2.05, 4.69) is 19.2 Å². The van der Waals surface area contributed by atoms with Gasteiger partial charge in [-0.05, 0) is 26.9 Å². The second-order valence-corrected chi connectivity index (χ2v) is 4.97. The van der Waals surface area contributed by atoms with Crippen LogP contribution in [-0.4, -0.2) is 37.5 Å². The van der Waals surface area contributed by atoms with Gasteiger partial charge < -0.3 is 5.32 Å². The number of hydrogen-bond donors (Lipinski definition) is 1. The van der Waals surface area contributed by atoms with Crippen molar-refractivity contribution in [2.75, 3.05) is 20.6 Å². The maximum atomic E-state index is 11.9. The molecule has 1 unspecified atom stereocenters. The van der Waals surface area contributed by atoms with Crippen molar-refractivity contribution in [3.05, 3.63) is 0 Å². The lowest BCUT2D eigenvalue weighted by Gasteiger charge is -2.22. The van der Waals surface area contributed by atoms with Gasteiger partial charge >= 0.3 is 0 Å². The highest BCUT2D eigenvalue weighted by Crippen LogP contribution is 2.04. The van der Waals surface area contributed by atoms with Crippen molar-refractivity contribution in [1.82, 2.24) is 10.2 Å². The molecule has 0 heterocycles. The molecule has 0 saturated carbocycles. The third-order valence-electron chi connectivity index (χ3n) is 3.07. The van der Waals surface area contributed by atoms with Crippen LogP contribution in [0.3, 0.4) is 0 Å². The van der Waals surface area contributed by atoms with E-state index in [0.29, 0.717) is 0 Å². The molecule has 0 saturated heterocycles. The van der Waals surface area contributed by atoms with Crippen molar-refractivity contribution < 1.29 is 4.79 Å². The van der Waals surface area contributed by atoms with Crippen LogP contribution >= 0.6 is 0 Å². The molecule has 3 nitrogen and oxygen atoms in total. The minimum Gasteiger partial charge on any atom is -0.355 e. The Morgan fingerprint density at radius 3 is 2.24 bits per heavy atom. The Morgan fingerprint density at radius 2 is 1.71 bits per heavy atom. The fourth-order valence-corrected chi connectivity index (χ4v) is 1.96. The minimum atomic E-state index is 0.0376. The molecular weight excluding hydrogens is 212 g/mol. The van der Waals surface area contributed by atoms with Gasteiger partial charge in [-0.1, -0.05) is 46.0 Å². The zero-order valence-electron chi connectivity index (χ0n) is 12.1. The number of rotatable bonds is 10. The molecule has 3 heteroatoms. The molecule has 0 bridgehead atoms. The van der Waals surface area contributed by atoms with Crippen LogP contribution < -0.4 is 5.32 Å². The smallest absolute Gasteiger partial charge is 0.237 e. The van der Waals surface area contributed by atoms with Crippen LogP contribution in [0.15, 0.2) is 0 Å². The van der Waals surface area contributed by atoms with Crippen LogP contribution in [0.4, 0.5) is 0 Å². The Balaban J connectivity index is 3.67. The summed E-state index contributed by atoms with van der Waals surface area (Å²) in [7, 11) is 3.95. The minimum absolute atomic E-state index is 0.0376. The Morgan fingerprint density at radius 1 is 1.06 bits per heavy atom. The van der Waals surface area contributed by atoms with E-state index in [1.807, 2.05) is 19.0 Å². The summed E-state index contributed by atoms with van der Waals surface area (Å²) in [6.07, 6.45) is 8.20. The van der Waals surface area contributed by atoms with Gasteiger partial charge in [0.15, 0.2) is 0 Å². The van der Waals surface area contributed by atoms with Gasteiger partial charge in [-0.3, -0.25) is 9.69 Å². The quantitative estimate of drug-likeness (QED) is 0.597. The van der Waals surface area contributed by atoms with Crippen LogP contribution in [0.1, 0.15) is 58.8 Å². The molecule has 0 aliphatic carbocycles. The molecule has 102 valence electrons. The molecule has 17 heavy (non-hydrogen) atoms. The molecule has 0 aliphatic heterocycles. The van der Waals surface area contributed by atoms with E-state index in [-0.39, 0.29) is 11.9 Å². The largest absolute Gasteiger partial charge is 0.355 e.